The average molecular weight is 254 g/mol. The highest BCUT2D eigenvalue weighted by Crippen LogP contribution is 2.38. The molecule has 5 atom stereocenters. The first-order valence-corrected chi connectivity index (χ1v) is 7.63. The van der Waals surface area contributed by atoms with Crippen LogP contribution in [-0.2, 0) is 13.8 Å². The van der Waals surface area contributed by atoms with E-state index in [1.165, 1.54) is 13.3 Å². The Bertz CT molecular complexity index is 277. The molecule has 6 nitrogen and oxygen atoms in total. The minimum Gasteiger partial charge on any atom is -0.388 e. The Morgan fingerprint density at radius 1 is 1.19 bits per heavy atom. The van der Waals surface area contributed by atoms with Gasteiger partial charge in [0.1, 0.15) is 24.4 Å². The summed E-state index contributed by atoms with van der Waals surface area (Å²) < 4.78 is 21.6. The fraction of sp³-hybridized carbons (Fsp3) is 1.00. The number of aliphatic hydroxyl groups is 3. The molecule has 1 rings (SSSR count). The molecular formula is C9H19O6P. The highest BCUT2D eigenvalue weighted by atomic mass is 31.2. The van der Waals surface area contributed by atoms with Gasteiger partial charge in [-0.3, -0.25) is 4.57 Å². The van der Waals surface area contributed by atoms with Crippen LogP contribution >= 0.6 is 7.37 Å². The standard InChI is InChI=1S/C9H19O6P/c1-5-7(10)9(12)8(11)6(15-5)4-14-16(2,3)13/h5-12H,4H2,1-3H3/t5-,6?,7?,8?,9-/m1/s1. The second kappa shape index (κ2) is 5.12. The van der Waals surface area contributed by atoms with Gasteiger partial charge >= 0.3 is 0 Å². The number of hydrogen-bond donors (Lipinski definition) is 3. The van der Waals surface area contributed by atoms with Crippen LogP contribution in [0.3, 0.4) is 0 Å². The molecule has 0 saturated carbocycles. The monoisotopic (exact) mass is 254 g/mol. The molecule has 0 amide bonds. The van der Waals surface area contributed by atoms with Crippen LogP contribution in [0.25, 0.3) is 0 Å². The molecule has 16 heavy (non-hydrogen) atoms. The molecule has 3 unspecified atom stereocenters. The molecule has 0 aromatic rings. The Labute approximate surface area is 94.6 Å². The first kappa shape index (κ1) is 14.1. The van der Waals surface area contributed by atoms with E-state index in [1.807, 2.05) is 0 Å². The lowest BCUT2D eigenvalue weighted by molar-refractivity contribution is -0.222. The second-order valence-corrected chi connectivity index (χ2v) is 7.16. The molecule has 96 valence electrons. The van der Waals surface area contributed by atoms with Crippen LogP contribution in [0.4, 0.5) is 0 Å². The Balaban J connectivity index is 2.57. The maximum absolute atomic E-state index is 11.3. The van der Waals surface area contributed by atoms with Gasteiger partial charge in [0, 0.05) is 13.3 Å². The molecule has 3 N–H and O–H groups in total. The summed E-state index contributed by atoms with van der Waals surface area (Å²) in [6.07, 6.45) is -5.01. The predicted molar refractivity (Wildman–Crippen MR) is 57.8 cm³/mol. The van der Waals surface area contributed by atoms with E-state index < -0.39 is 37.9 Å². The molecule has 0 aromatic heterocycles. The van der Waals surface area contributed by atoms with E-state index in [4.69, 9.17) is 9.26 Å². The quantitative estimate of drug-likeness (QED) is 0.583. The van der Waals surface area contributed by atoms with Crippen LogP contribution in [0.5, 0.6) is 0 Å². The van der Waals surface area contributed by atoms with Crippen LogP contribution < -0.4 is 0 Å². The van der Waals surface area contributed by atoms with Crippen molar-refractivity contribution in [2.24, 2.45) is 0 Å². The van der Waals surface area contributed by atoms with Gasteiger partial charge in [-0.1, -0.05) is 0 Å². The number of rotatable bonds is 3. The summed E-state index contributed by atoms with van der Waals surface area (Å²) in [6.45, 7) is 4.43. The zero-order valence-corrected chi connectivity index (χ0v) is 10.5. The maximum atomic E-state index is 11.3. The van der Waals surface area contributed by atoms with Gasteiger partial charge in [0.25, 0.3) is 0 Å². The van der Waals surface area contributed by atoms with Crippen LogP contribution in [0, 0.1) is 0 Å². The van der Waals surface area contributed by atoms with Crippen molar-refractivity contribution in [1.29, 1.82) is 0 Å². The number of aliphatic hydroxyl groups excluding tert-OH is 3. The molecular weight excluding hydrogens is 235 g/mol. The first-order chi connectivity index (χ1) is 7.22. The van der Waals surface area contributed by atoms with Crippen molar-refractivity contribution in [3.63, 3.8) is 0 Å². The smallest absolute Gasteiger partial charge is 0.197 e. The Morgan fingerprint density at radius 2 is 1.75 bits per heavy atom. The predicted octanol–water partition coefficient (Wildman–Crippen LogP) is -0.589. The summed E-state index contributed by atoms with van der Waals surface area (Å²) in [5.74, 6) is 0. The molecule has 0 aliphatic carbocycles. The van der Waals surface area contributed by atoms with Gasteiger partial charge in [0.05, 0.1) is 12.7 Å². The van der Waals surface area contributed by atoms with Crippen molar-refractivity contribution in [1.82, 2.24) is 0 Å². The molecule has 1 heterocycles. The van der Waals surface area contributed by atoms with Crippen molar-refractivity contribution in [2.75, 3.05) is 19.9 Å². The van der Waals surface area contributed by atoms with E-state index >= 15 is 0 Å². The van der Waals surface area contributed by atoms with E-state index in [1.54, 1.807) is 6.92 Å². The van der Waals surface area contributed by atoms with Crippen molar-refractivity contribution >= 4 is 7.37 Å². The summed E-state index contributed by atoms with van der Waals surface area (Å²) in [7, 11) is -2.65. The van der Waals surface area contributed by atoms with Crippen molar-refractivity contribution in [3.05, 3.63) is 0 Å². The lowest BCUT2D eigenvalue weighted by atomic mass is 9.96. The first-order valence-electron chi connectivity index (χ1n) is 5.11. The topological polar surface area (TPSA) is 96.2 Å². The fourth-order valence-corrected chi connectivity index (χ4v) is 2.03. The third-order valence-electron chi connectivity index (χ3n) is 2.50. The summed E-state index contributed by atoms with van der Waals surface area (Å²) in [5.41, 5.74) is 0. The van der Waals surface area contributed by atoms with E-state index in [0.717, 1.165) is 0 Å². The van der Waals surface area contributed by atoms with Crippen molar-refractivity contribution in [3.8, 4) is 0 Å². The van der Waals surface area contributed by atoms with Gasteiger partial charge in [0.15, 0.2) is 7.37 Å². The fourth-order valence-electron chi connectivity index (χ4n) is 1.53. The van der Waals surface area contributed by atoms with Gasteiger partial charge in [-0.25, -0.2) is 0 Å². The van der Waals surface area contributed by atoms with E-state index in [9.17, 15) is 19.9 Å². The molecule has 0 aromatic carbocycles. The Morgan fingerprint density at radius 3 is 2.25 bits per heavy atom. The molecule has 1 aliphatic rings. The van der Waals surface area contributed by atoms with Crippen molar-refractivity contribution in [2.45, 2.75) is 37.4 Å². The third kappa shape index (κ3) is 3.52. The summed E-state index contributed by atoms with van der Waals surface area (Å²) in [6, 6.07) is 0. The van der Waals surface area contributed by atoms with Gasteiger partial charge in [-0.15, -0.1) is 0 Å². The van der Waals surface area contributed by atoms with E-state index in [0.29, 0.717) is 0 Å². The molecule has 0 radical (unpaired) electrons. The Kier molecular flexibility index (Phi) is 4.51. The zero-order chi connectivity index (χ0) is 12.5. The highest BCUT2D eigenvalue weighted by molar-refractivity contribution is 7.57. The van der Waals surface area contributed by atoms with Crippen LogP contribution in [-0.4, -0.2) is 65.8 Å². The molecule has 0 spiro atoms. The lowest BCUT2D eigenvalue weighted by Crippen LogP contribution is -2.57. The zero-order valence-electron chi connectivity index (χ0n) is 9.61. The maximum Gasteiger partial charge on any atom is 0.197 e. The normalized spacial score (nSPS) is 41.0. The SMILES string of the molecule is C[C@H]1OC(COP(C)(C)=O)C(O)[C@H](O)C1O. The Hall–Kier alpha value is 0.0300. The minimum absolute atomic E-state index is 0.0699. The van der Waals surface area contributed by atoms with E-state index in [2.05, 4.69) is 0 Å². The van der Waals surface area contributed by atoms with E-state index in [-0.39, 0.29) is 6.61 Å². The minimum atomic E-state index is -2.65. The summed E-state index contributed by atoms with van der Waals surface area (Å²) in [4.78, 5) is 0. The molecule has 1 fully saturated rings. The lowest BCUT2D eigenvalue weighted by Gasteiger charge is -2.39. The van der Waals surface area contributed by atoms with Gasteiger partial charge in [0.2, 0.25) is 0 Å². The highest BCUT2D eigenvalue weighted by Gasteiger charge is 2.42. The van der Waals surface area contributed by atoms with Gasteiger partial charge in [-0.05, 0) is 6.92 Å². The third-order valence-corrected chi connectivity index (χ3v) is 3.27. The molecule has 1 saturated heterocycles. The average Bonchev–Trinajstić information content (AvgIpc) is 2.17. The van der Waals surface area contributed by atoms with Gasteiger partial charge in [-0.2, -0.15) is 0 Å². The van der Waals surface area contributed by atoms with Crippen molar-refractivity contribution < 1.29 is 29.1 Å². The second-order valence-electron chi connectivity index (χ2n) is 4.40. The van der Waals surface area contributed by atoms with Crippen LogP contribution in [0.2, 0.25) is 0 Å². The molecule has 1 aliphatic heterocycles. The largest absolute Gasteiger partial charge is 0.388 e. The number of hydrogen-bond acceptors (Lipinski definition) is 6. The van der Waals surface area contributed by atoms with Crippen LogP contribution in [0.1, 0.15) is 6.92 Å². The number of ether oxygens (including phenoxy) is 1. The summed E-state index contributed by atoms with van der Waals surface area (Å²) in [5, 5.41) is 28.6. The molecule has 0 bridgehead atoms. The summed E-state index contributed by atoms with van der Waals surface area (Å²) >= 11 is 0. The van der Waals surface area contributed by atoms with Crippen LogP contribution in [0.15, 0.2) is 0 Å². The van der Waals surface area contributed by atoms with Gasteiger partial charge < -0.3 is 24.6 Å². The molecule has 7 heteroatoms.